The second-order valence-electron chi connectivity index (χ2n) is 4.73. The molecule has 0 unspecified atom stereocenters. The molecule has 0 aliphatic heterocycles. The maximum absolute atomic E-state index is 6.00. The molecule has 0 aliphatic rings. The number of nitrogens with one attached hydrogen (secondary N) is 2. The van der Waals surface area contributed by atoms with E-state index in [1.165, 1.54) is 0 Å². The Bertz CT molecular complexity index is 795. The van der Waals surface area contributed by atoms with E-state index >= 15 is 0 Å². The van der Waals surface area contributed by atoms with E-state index in [2.05, 4.69) is 25.6 Å². The molecule has 2 aromatic heterocycles. The maximum Gasteiger partial charge on any atom is 0.229 e. The van der Waals surface area contributed by atoms with Gasteiger partial charge in [-0.1, -0.05) is 23.2 Å². The fraction of sp³-hybridized carbons (Fsp3) is 0.0625. The lowest BCUT2D eigenvalue weighted by molar-refractivity contribution is 1.08. The molecule has 3 aromatic rings. The van der Waals surface area contributed by atoms with Gasteiger partial charge in [-0.3, -0.25) is 4.98 Å². The van der Waals surface area contributed by atoms with Gasteiger partial charge < -0.3 is 10.6 Å². The normalized spacial score (nSPS) is 10.3. The first-order valence-electron chi connectivity index (χ1n) is 6.88. The Kier molecular flexibility index (Phi) is 4.90. The predicted molar refractivity (Wildman–Crippen MR) is 93.3 cm³/mol. The zero-order chi connectivity index (χ0) is 16.1. The molecule has 0 radical (unpaired) electrons. The monoisotopic (exact) mass is 345 g/mol. The van der Waals surface area contributed by atoms with Gasteiger partial charge in [0, 0.05) is 30.8 Å². The van der Waals surface area contributed by atoms with Gasteiger partial charge in [0.25, 0.3) is 0 Å². The Balaban J connectivity index is 1.68. The Hall–Kier alpha value is -2.37. The highest BCUT2D eigenvalue weighted by atomic mass is 35.5. The van der Waals surface area contributed by atoms with E-state index in [9.17, 15) is 0 Å². The number of hydrogen-bond donors (Lipinski definition) is 2. The second-order valence-corrected chi connectivity index (χ2v) is 5.54. The summed E-state index contributed by atoms with van der Waals surface area (Å²) >= 11 is 11.9. The minimum atomic E-state index is 0.475. The number of benzene rings is 1. The largest absolute Gasteiger partial charge is 0.366 e. The minimum absolute atomic E-state index is 0.475. The van der Waals surface area contributed by atoms with Crippen LogP contribution in [-0.4, -0.2) is 15.0 Å². The van der Waals surface area contributed by atoms with Crippen molar-refractivity contribution in [3.8, 4) is 0 Å². The summed E-state index contributed by atoms with van der Waals surface area (Å²) in [4.78, 5) is 12.6. The van der Waals surface area contributed by atoms with Gasteiger partial charge in [0.15, 0.2) is 0 Å². The Morgan fingerprint density at radius 1 is 0.913 bits per heavy atom. The fourth-order valence-corrected chi connectivity index (χ4v) is 2.21. The average Bonchev–Trinajstić information content (AvgIpc) is 2.58. The zero-order valence-corrected chi connectivity index (χ0v) is 13.5. The molecule has 0 atom stereocenters. The van der Waals surface area contributed by atoms with Crippen LogP contribution in [0, 0.1) is 0 Å². The van der Waals surface area contributed by atoms with Crippen LogP contribution < -0.4 is 10.6 Å². The van der Waals surface area contributed by atoms with E-state index in [0.717, 1.165) is 17.1 Å². The van der Waals surface area contributed by atoms with E-state index in [0.29, 0.717) is 22.5 Å². The predicted octanol–water partition coefficient (Wildman–Crippen LogP) is 4.53. The minimum Gasteiger partial charge on any atom is -0.366 e. The van der Waals surface area contributed by atoms with Crippen molar-refractivity contribution >= 4 is 40.7 Å². The van der Waals surface area contributed by atoms with Crippen molar-refractivity contribution in [1.82, 2.24) is 15.0 Å². The Morgan fingerprint density at radius 3 is 2.52 bits per heavy atom. The van der Waals surface area contributed by atoms with Crippen molar-refractivity contribution in [2.24, 2.45) is 0 Å². The standard InChI is InChI=1S/C16H13Cl2N5/c17-13-2-1-12(9-14(13)18)22-16-20-8-5-15(23-16)21-10-11-3-6-19-7-4-11/h1-9H,10H2,(H2,20,21,22,23). The lowest BCUT2D eigenvalue weighted by Gasteiger charge is -2.09. The molecular weight excluding hydrogens is 333 g/mol. The average molecular weight is 346 g/mol. The topological polar surface area (TPSA) is 62.7 Å². The molecule has 0 fully saturated rings. The van der Waals surface area contributed by atoms with Crippen molar-refractivity contribution in [1.29, 1.82) is 0 Å². The number of anilines is 3. The van der Waals surface area contributed by atoms with Crippen LogP contribution in [0.15, 0.2) is 55.0 Å². The first kappa shape index (κ1) is 15.5. The molecule has 0 aliphatic carbocycles. The first-order chi connectivity index (χ1) is 11.2. The van der Waals surface area contributed by atoms with Crippen LogP contribution in [0.2, 0.25) is 10.0 Å². The quantitative estimate of drug-likeness (QED) is 0.710. The third kappa shape index (κ3) is 4.31. The summed E-state index contributed by atoms with van der Waals surface area (Å²) in [5.74, 6) is 1.20. The number of halogens is 2. The molecule has 0 spiro atoms. The first-order valence-corrected chi connectivity index (χ1v) is 7.64. The van der Waals surface area contributed by atoms with Crippen LogP contribution in [0.3, 0.4) is 0 Å². The van der Waals surface area contributed by atoms with Gasteiger partial charge in [0.2, 0.25) is 5.95 Å². The van der Waals surface area contributed by atoms with E-state index in [1.807, 2.05) is 18.2 Å². The summed E-state index contributed by atoms with van der Waals surface area (Å²) in [7, 11) is 0. The summed E-state index contributed by atoms with van der Waals surface area (Å²) in [6.07, 6.45) is 5.20. The van der Waals surface area contributed by atoms with E-state index in [-0.39, 0.29) is 0 Å². The van der Waals surface area contributed by atoms with Crippen LogP contribution in [0.4, 0.5) is 17.5 Å². The molecule has 23 heavy (non-hydrogen) atoms. The Labute approximate surface area is 143 Å². The van der Waals surface area contributed by atoms with E-state index in [4.69, 9.17) is 23.2 Å². The van der Waals surface area contributed by atoms with Gasteiger partial charge in [-0.25, -0.2) is 4.98 Å². The summed E-state index contributed by atoms with van der Waals surface area (Å²) in [6, 6.07) is 11.0. The smallest absolute Gasteiger partial charge is 0.229 e. The number of hydrogen-bond acceptors (Lipinski definition) is 5. The third-order valence-electron chi connectivity index (χ3n) is 3.05. The summed E-state index contributed by atoms with van der Waals surface area (Å²) in [5.41, 5.74) is 1.89. The molecule has 0 saturated carbocycles. The molecule has 2 N–H and O–H groups in total. The van der Waals surface area contributed by atoms with Gasteiger partial charge in [0.1, 0.15) is 5.82 Å². The number of pyridine rings is 1. The molecule has 5 nitrogen and oxygen atoms in total. The van der Waals surface area contributed by atoms with Crippen LogP contribution in [0.5, 0.6) is 0 Å². The summed E-state index contributed by atoms with van der Waals surface area (Å²) in [5, 5.41) is 7.32. The fourth-order valence-electron chi connectivity index (χ4n) is 1.91. The number of nitrogens with zero attached hydrogens (tertiary/aromatic N) is 3. The van der Waals surface area contributed by atoms with Gasteiger partial charge >= 0.3 is 0 Å². The highest BCUT2D eigenvalue weighted by Gasteiger charge is 2.03. The molecular formula is C16H13Cl2N5. The molecule has 116 valence electrons. The maximum atomic E-state index is 6.00. The third-order valence-corrected chi connectivity index (χ3v) is 3.79. The zero-order valence-electron chi connectivity index (χ0n) is 12.0. The highest BCUT2D eigenvalue weighted by molar-refractivity contribution is 6.42. The molecule has 0 amide bonds. The van der Waals surface area contributed by atoms with Crippen molar-refractivity contribution in [3.63, 3.8) is 0 Å². The van der Waals surface area contributed by atoms with Crippen molar-refractivity contribution in [2.75, 3.05) is 10.6 Å². The van der Waals surface area contributed by atoms with Crippen molar-refractivity contribution < 1.29 is 0 Å². The summed E-state index contributed by atoms with van der Waals surface area (Å²) in [6.45, 7) is 0.658. The summed E-state index contributed by atoms with van der Waals surface area (Å²) < 4.78 is 0. The molecule has 1 aromatic carbocycles. The van der Waals surface area contributed by atoms with E-state index < -0.39 is 0 Å². The van der Waals surface area contributed by atoms with Gasteiger partial charge in [-0.2, -0.15) is 4.98 Å². The highest BCUT2D eigenvalue weighted by Crippen LogP contribution is 2.26. The van der Waals surface area contributed by atoms with Gasteiger partial charge in [-0.05, 0) is 42.0 Å². The van der Waals surface area contributed by atoms with Crippen molar-refractivity contribution in [2.45, 2.75) is 6.54 Å². The van der Waals surface area contributed by atoms with Crippen molar-refractivity contribution in [3.05, 3.63) is 70.6 Å². The lowest BCUT2D eigenvalue weighted by Crippen LogP contribution is -2.04. The SMILES string of the molecule is Clc1ccc(Nc2nccc(NCc3ccncc3)n2)cc1Cl. The number of aromatic nitrogens is 3. The van der Waals surface area contributed by atoms with Gasteiger partial charge in [0.05, 0.1) is 10.0 Å². The van der Waals surface area contributed by atoms with Gasteiger partial charge in [-0.15, -0.1) is 0 Å². The molecule has 2 heterocycles. The molecule has 7 heteroatoms. The van der Waals surface area contributed by atoms with E-state index in [1.54, 1.807) is 36.8 Å². The van der Waals surface area contributed by atoms with Crippen LogP contribution in [-0.2, 0) is 6.54 Å². The van der Waals surface area contributed by atoms with Crippen LogP contribution in [0.25, 0.3) is 0 Å². The van der Waals surface area contributed by atoms with Crippen LogP contribution >= 0.6 is 23.2 Å². The lowest BCUT2D eigenvalue weighted by atomic mass is 10.3. The molecule has 3 rings (SSSR count). The number of rotatable bonds is 5. The molecule has 0 bridgehead atoms. The Morgan fingerprint density at radius 2 is 1.74 bits per heavy atom. The molecule has 0 saturated heterocycles. The van der Waals surface area contributed by atoms with Crippen LogP contribution in [0.1, 0.15) is 5.56 Å². The second kappa shape index (κ2) is 7.26.